The van der Waals surface area contributed by atoms with Gasteiger partial charge in [0.1, 0.15) is 0 Å². The molecule has 1 fully saturated rings. The quantitative estimate of drug-likeness (QED) is 0.566. The molecule has 0 bridgehead atoms. The van der Waals surface area contributed by atoms with Gasteiger partial charge in [-0.3, -0.25) is 0 Å². The molecular formula is C19H17BrN2. The Bertz CT molecular complexity index is 720. The summed E-state index contributed by atoms with van der Waals surface area (Å²) in [6.07, 6.45) is 4.50. The molecule has 0 aromatic heterocycles. The first-order chi connectivity index (χ1) is 10.8. The second-order valence-corrected chi connectivity index (χ2v) is 6.38. The number of nitriles is 1. The molecule has 0 saturated carbocycles. The fraction of sp³-hybridized carbons (Fsp3) is 0.211. The zero-order valence-corrected chi connectivity index (χ0v) is 13.9. The summed E-state index contributed by atoms with van der Waals surface area (Å²) in [6.45, 7) is 2.30. The van der Waals surface area contributed by atoms with E-state index in [2.05, 4.69) is 51.2 Å². The second-order valence-electron chi connectivity index (χ2n) is 5.47. The molecule has 2 aromatic carbocycles. The van der Waals surface area contributed by atoms with E-state index >= 15 is 0 Å². The molecule has 2 aromatic rings. The Balaban J connectivity index is 1.85. The Morgan fingerprint density at radius 3 is 2.45 bits per heavy atom. The number of allylic oxidation sites excluding steroid dienone is 1. The Morgan fingerprint density at radius 1 is 1.09 bits per heavy atom. The van der Waals surface area contributed by atoms with Crippen molar-refractivity contribution in [1.82, 2.24) is 0 Å². The summed E-state index contributed by atoms with van der Waals surface area (Å²) in [6, 6.07) is 18.6. The van der Waals surface area contributed by atoms with Gasteiger partial charge in [-0.1, -0.05) is 40.2 Å². The molecule has 0 amide bonds. The lowest BCUT2D eigenvalue weighted by molar-refractivity contribution is 0.949. The van der Waals surface area contributed by atoms with Crippen LogP contribution in [0.1, 0.15) is 24.0 Å². The molecule has 3 heteroatoms. The Hall–Kier alpha value is -2.05. The molecule has 0 aliphatic carbocycles. The first-order valence-electron chi connectivity index (χ1n) is 7.49. The topological polar surface area (TPSA) is 27.0 Å². The first-order valence-corrected chi connectivity index (χ1v) is 8.28. The average Bonchev–Trinajstić information content (AvgIpc) is 3.07. The number of halogens is 1. The van der Waals surface area contributed by atoms with Crippen LogP contribution >= 0.6 is 15.9 Å². The minimum absolute atomic E-state index is 0.676. The van der Waals surface area contributed by atoms with E-state index in [1.165, 1.54) is 18.5 Å². The highest BCUT2D eigenvalue weighted by Crippen LogP contribution is 2.24. The maximum Gasteiger partial charge on any atom is 0.0998 e. The fourth-order valence-corrected chi connectivity index (χ4v) is 3.16. The molecule has 1 saturated heterocycles. The highest BCUT2D eigenvalue weighted by molar-refractivity contribution is 9.10. The monoisotopic (exact) mass is 352 g/mol. The van der Waals surface area contributed by atoms with Crippen molar-refractivity contribution < 1.29 is 0 Å². The van der Waals surface area contributed by atoms with Crippen LogP contribution in [0.4, 0.5) is 5.69 Å². The van der Waals surface area contributed by atoms with Crippen molar-refractivity contribution in [2.45, 2.75) is 12.8 Å². The molecule has 2 nitrogen and oxygen atoms in total. The lowest BCUT2D eigenvalue weighted by atomic mass is 10.0. The molecule has 3 rings (SSSR count). The van der Waals surface area contributed by atoms with Gasteiger partial charge in [0.05, 0.1) is 11.6 Å². The number of nitrogens with zero attached hydrogens (tertiary/aromatic N) is 2. The van der Waals surface area contributed by atoms with Crippen molar-refractivity contribution in [2.24, 2.45) is 0 Å². The highest BCUT2D eigenvalue weighted by Gasteiger charge is 2.11. The Labute approximate surface area is 139 Å². The van der Waals surface area contributed by atoms with Gasteiger partial charge < -0.3 is 4.90 Å². The molecule has 1 aliphatic rings. The van der Waals surface area contributed by atoms with Crippen LogP contribution in [0.25, 0.3) is 11.6 Å². The summed E-state index contributed by atoms with van der Waals surface area (Å²) in [5, 5.41) is 9.42. The summed E-state index contributed by atoms with van der Waals surface area (Å²) < 4.78 is 0.982. The average molecular weight is 353 g/mol. The molecule has 1 heterocycles. The molecule has 22 heavy (non-hydrogen) atoms. The molecule has 0 unspecified atom stereocenters. The molecular weight excluding hydrogens is 336 g/mol. The lowest BCUT2D eigenvalue weighted by Gasteiger charge is -2.17. The molecule has 0 N–H and O–H groups in total. The fourth-order valence-electron chi connectivity index (χ4n) is 2.76. The van der Waals surface area contributed by atoms with Crippen molar-refractivity contribution in [3.63, 3.8) is 0 Å². The summed E-state index contributed by atoms with van der Waals surface area (Å²) in [7, 11) is 0. The number of hydrogen-bond donors (Lipinski definition) is 0. The van der Waals surface area contributed by atoms with E-state index in [1.54, 1.807) is 0 Å². The van der Waals surface area contributed by atoms with E-state index in [0.717, 1.165) is 28.7 Å². The number of benzene rings is 2. The van der Waals surface area contributed by atoms with E-state index in [1.807, 2.05) is 30.3 Å². The normalized spacial score (nSPS) is 14.9. The number of hydrogen-bond acceptors (Lipinski definition) is 2. The van der Waals surface area contributed by atoms with Crippen LogP contribution in [-0.2, 0) is 0 Å². The van der Waals surface area contributed by atoms with E-state index in [0.29, 0.717) is 5.57 Å². The van der Waals surface area contributed by atoms with E-state index in [-0.39, 0.29) is 0 Å². The van der Waals surface area contributed by atoms with Crippen molar-refractivity contribution >= 4 is 33.3 Å². The number of anilines is 1. The molecule has 1 aliphatic heterocycles. The third-order valence-corrected chi connectivity index (χ3v) is 4.42. The van der Waals surface area contributed by atoms with Gasteiger partial charge in [-0.15, -0.1) is 0 Å². The van der Waals surface area contributed by atoms with Crippen LogP contribution < -0.4 is 4.90 Å². The van der Waals surface area contributed by atoms with Crippen LogP contribution in [0.5, 0.6) is 0 Å². The zero-order chi connectivity index (χ0) is 15.4. The third-order valence-electron chi connectivity index (χ3n) is 3.93. The maximum absolute atomic E-state index is 9.42. The maximum atomic E-state index is 9.42. The van der Waals surface area contributed by atoms with Crippen molar-refractivity contribution in [3.05, 3.63) is 64.1 Å². The smallest absolute Gasteiger partial charge is 0.0998 e. The highest BCUT2D eigenvalue weighted by atomic mass is 79.9. The minimum Gasteiger partial charge on any atom is -0.372 e. The summed E-state index contributed by atoms with van der Waals surface area (Å²) in [4.78, 5) is 2.41. The Morgan fingerprint density at radius 2 is 1.82 bits per heavy atom. The largest absolute Gasteiger partial charge is 0.372 e. The predicted octanol–water partition coefficient (Wildman–Crippen LogP) is 5.11. The van der Waals surface area contributed by atoms with Gasteiger partial charge in [0.15, 0.2) is 0 Å². The van der Waals surface area contributed by atoms with E-state index in [4.69, 9.17) is 0 Å². The van der Waals surface area contributed by atoms with Gasteiger partial charge in [0, 0.05) is 23.2 Å². The van der Waals surface area contributed by atoms with Crippen LogP contribution in [0.2, 0.25) is 0 Å². The lowest BCUT2D eigenvalue weighted by Crippen LogP contribution is -2.17. The Kier molecular flexibility index (Phi) is 4.60. The van der Waals surface area contributed by atoms with Crippen LogP contribution in [0, 0.1) is 11.3 Å². The van der Waals surface area contributed by atoms with Crippen LogP contribution in [0.15, 0.2) is 53.0 Å². The van der Waals surface area contributed by atoms with Crippen molar-refractivity contribution in [2.75, 3.05) is 18.0 Å². The van der Waals surface area contributed by atoms with Crippen molar-refractivity contribution in [3.8, 4) is 6.07 Å². The summed E-state index contributed by atoms with van der Waals surface area (Å²) >= 11 is 3.45. The van der Waals surface area contributed by atoms with Crippen molar-refractivity contribution in [1.29, 1.82) is 5.26 Å². The molecule has 0 radical (unpaired) electrons. The first kappa shape index (κ1) is 14.9. The van der Waals surface area contributed by atoms with Gasteiger partial charge in [-0.05, 0) is 54.3 Å². The SMILES string of the molecule is N#C/C(=C\c1ccc(N2CCCC2)cc1)c1cccc(Br)c1. The third kappa shape index (κ3) is 3.40. The van der Waals surface area contributed by atoms with Gasteiger partial charge in [-0.25, -0.2) is 0 Å². The van der Waals surface area contributed by atoms with Gasteiger partial charge in [-0.2, -0.15) is 5.26 Å². The standard InChI is InChI=1S/C19H17BrN2/c20-18-5-3-4-16(13-18)17(14-21)12-15-6-8-19(9-7-15)22-10-1-2-11-22/h3-9,12-13H,1-2,10-11H2/b17-12+. The molecule has 110 valence electrons. The second kappa shape index (κ2) is 6.81. The predicted molar refractivity (Wildman–Crippen MR) is 95.5 cm³/mol. The van der Waals surface area contributed by atoms with E-state index < -0.39 is 0 Å². The molecule has 0 atom stereocenters. The minimum atomic E-state index is 0.676. The van der Waals surface area contributed by atoms with E-state index in [9.17, 15) is 5.26 Å². The van der Waals surface area contributed by atoms with Gasteiger partial charge >= 0.3 is 0 Å². The summed E-state index contributed by atoms with van der Waals surface area (Å²) in [5.74, 6) is 0. The van der Waals surface area contributed by atoms with Gasteiger partial charge in [0.25, 0.3) is 0 Å². The number of rotatable bonds is 3. The van der Waals surface area contributed by atoms with Crippen LogP contribution in [-0.4, -0.2) is 13.1 Å². The zero-order valence-electron chi connectivity index (χ0n) is 12.3. The van der Waals surface area contributed by atoms with Crippen LogP contribution in [0.3, 0.4) is 0 Å². The summed E-state index contributed by atoms with van der Waals surface area (Å²) in [5.41, 5.74) is 3.94. The molecule has 0 spiro atoms. The van der Waals surface area contributed by atoms with Gasteiger partial charge in [0.2, 0.25) is 0 Å².